The van der Waals surface area contributed by atoms with Crippen LogP contribution >= 0.6 is 15.9 Å². The van der Waals surface area contributed by atoms with Gasteiger partial charge in [-0.2, -0.15) is 18.3 Å². The van der Waals surface area contributed by atoms with E-state index in [2.05, 4.69) is 26.3 Å². The summed E-state index contributed by atoms with van der Waals surface area (Å²) in [5.41, 5.74) is -0.0825. The number of aryl methyl sites for hydroxylation is 1. The number of hydrogen-bond acceptors (Lipinski definition) is 3. The highest BCUT2D eigenvalue weighted by Gasteiger charge is 2.37. The number of nitrogens with one attached hydrogen (secondary N) is 1. The number of aromatic nitrogens is 2. The van der Waals surface area contributed by atoms with E-state index in [0.29, 0.717) is 23.7 Å². The monoisotopic (exact) mass is 419 g/mol. The van der Waals surface area contributed by atoms with E-state index in [4.69, 9.17) is 4.74 Å². The second-order valence-electron chi connectivity index (χ2n) is 5.22. The van der Waals surface area contributed by atoms with Gasteiger partial charge in [-0.25, -0.2) is 0 Å². The van der Waals surface area contributed by atoms with Crippen LogP contribution in [-0.2, 0) is 17.5 Å². The first-order chi connectivity index (χ1) is 11.7. The minimum Gasteiger partial charge on any atom is -0.494 e. The average Bonchev–Trinajstić information content (AvgIpc) is 2.83. The highest BCUT2D eigenvalue weighted by atomic mass is 79.9. The second kappa shape index (κ2) is 7.90. The van der Waals surface area contributed by atoms with Crippen molar-refractivity contribution in [2.45, 2.75) is 33.0 Å². The van der Waals surface area contributed by atoms with Gasteiger partial charge >= 0.3 is 6.18 Å². The third-order valence-electron chi connectivity index (χ3n) is 3.40. The molecule has 1 amide bonds. The molecule has 0 aliphatic heterocycles. The van der Waals surface area contributed by atoms with Crippen LogP contribution in [0.25, 0.3) is 0 Å². The Hall–Kier alpha value is -2.03. The van der Waals surface area contributed by atoms with Crippen molar-refractivity contribution in [3.8, 4) is 5.75 Å². The number of rotatable bonds is 6. The van der Waals surface area contributed by atoms with Gasteiger partial charge in [0.25, 0.3) is 0 Å². The number of nitrogens with zero attached hydrogens (tertiary/aromatic N) is 2. The average molecular weight is 420 g/mol. The smallest absolute Gasteiger partial charge is 0.436 e. The fourth-order valence-corrected chi connectivity index (χ4v) is 2.66. The first-order valence-corrected chi connectivity index (χ1v) is 8.34. The number of halogens is 4. The molecule has 1 N–H and O–H groups in total. The topological polar surface area (TPSA) is 56.1 Å². The summed E-state index contributed by atoms with van der Waals surface area (Å²) in [5, 5.41) is 6.22. The molecule has 0 unspecified atom stereocenters. The molecule has 9 heteroatoms. The van der Waals surface area contributed by atoms with Crippen LogP contribution in [0.4, 0.5) is 18.9 Å². The maximum Gasteiger partial charge on any atom is 0.436 e. The van der Waals surface area contributed by atoms with E-state index < -0.39 is 11.9 Å². The molecule has 0 atom stereocenters. The molecule has 25 heavy (non-hydrogen) atoms. The first-order valence-electron chi connectivity index (χ1n) is 7.55. The minimum atomic E-state index is -4.54. The molecular weight excluding hydrogens is 403 g/mol. The Morgan fingerprint density at radius 1 is 1.32 bits per heavy atom. The van der Waals surface area contributed by atoms with Gasteiger partial charge in [0, 0.05) is 12.1 Å². The molecule has 0 saturated carbocycles. The van der Waals surface area contributed by atoms with Crippen LogP contribution in [0.2, 0.25) is 0 Å². The molecule has 0 aliphatic carbocycles. The van der Waals surface area contributed by atoms with E-state index in [1.807, 2.05) is 6.92 Å². The number of amides is 1. The lowest BCUT2D eigenvalue weighted by Gasteiger charge is -2.08. The maximum absolute atomic E-state index is 12.8. The SMILES string of the molecule is CCOc1ccc(NC(=O)CCn2nc(C(F)(F)F)c(Br)c2C)cc1. The molecule has 2 aromatic rings. The van der Waals surface area contributed by atoms with Crippen molar-refractivity contribution < 1.29 is 22.7 Å². The molecule has 1 aromatic carbocycles. The molecule has 0 spiro atoms. The van der Waals surface area contributed by atoms with Crippen LogP contribution < -0.4 is 10.1 Å². The number of alkyl halides is 3. The van der Waals surface area contributed by atoms with E-state index in [9.17, 15) is 18.0 Å². The molecule has 1 heterocycles. The van der Waals surface area contributed by atoms with Crippen LogP contribution in [0, 0.1) is 6.92 Å². The lowest BCUT2D eigenvalue weighted by Crippen LogP contribution is -2.16. The number of ether oxygens (including phenoxy) is 1. The third-order valence-corrected chi connectivity index (χ3v) is 4.35. The number of anilines is 1. The molecule has 0 aliphatic rings. The minimum absolute atomic E-state index is 0.000527. The Balaban J connectivity index is 1.96. The van der Waals surface area contributed by atoms with Gasteiger partial charge in [-0.15, -0.1) is 0 Å². The van der Waals surface area contributed by atoms with Gasteiger partial charge in [0.1, 0.15) is 5.75 Å². The van der Waals surface area contributed by atoms with Gasteiger partial charge in [-0.1, -0.05) is 0 Å². The lowest BCUT2D eigenvalue weighted by atomic mass is 10.3. The summed E-state index contributed by atoms with van der Waals surface area (Å²) in [6.07, 6.45) is -4.54. The summed E-state index contributed by atoms with van der Waals surface area (Å²) in [4.78, 5) is 12.0. The number of carbonyl (C=O) groups is 1. The van der Waals surface area contributed by atoms with Gasteiger partial charge in [0.2, 0.25) is 5.91 Å². The van der Waals surface area contributed by atoms with Crippen LogP contribution in [0.3, 0.4) is 0 Å². The summed E-state index contributed by atoms with van der Waals surface area (Å²) in [6, 6.07) is 6.84. The van der Waals surface area contributed by atoms with Crippen molar-refractivity contribution >= 4 is 27.5 Å². The van der Waals surface area contributed by atoms with E-state index in [1.165, 1.54) is 11.6 Å². The van der Waals surface area contributed by atoms with Crippen LogP contribution in [0.5, 0.6) is 5.75 Å². The molecule has 0 fully saturated rings. The molecule has 136 valence electrons. The van der Waals surface area contributed by atoms with Crippen LogP contribution in [0.15, 0.2) is 28.7 Å². The Kier molecular flexibility index (Phi) is 6.10. The van der Waals surface area contributed by atoms with E-state index in [-0.39, 0.29) is 23.3 Å². The summed E-state index contributed by atoms with van der Waals surface area (Å²) in [7, 11) is 0. The normalized spacial score (nSPS) is 11.4. The predicted octanol–water partition coefficient (Wildman–Crippen LogP) is 4.40. The highest BCUT2D eigenvalue weighted by molar-refractivity contribution is 9.10. The van der Waals surface area contributed by atoms with Gasteiger partial charge in [0.05, 0.1) is 23.3 Å². The fourth-order valence-electron chi connectivity index (χ4n) is 2.16. The van der Waals surface area contributed by atoms with Crippen LogP contribution in [0.1, 0.15) is 24.7 Å². The Labute approximate surface area is 151 Å². The summed E-state index contributed by atoms with van der Waals surface area (Å²) in [6.45, 7) is 3.97. The number of carbonyl (C=O) groups excluding carboxylic acids is 1. The zero-order chi connectivity index (χ0) is 18.6. The van der Waals surface area contributed by atoms with Crippen molar-refractivity contribution in [2.75, 3.05) is 11.9 Å². The third kappa shape index (κ3) is 4.97. The molecule has 0 bridgehead atoms. The Morgan fingerprint density at radius 3 is 2.48 bits per heavy atom. The van der Waals surface area contributed by atoms with Crippen molar-refractivity contribution in [1.29, 1.82) is 0 Å². The quantitative estimate of drug-likeness (QED) is 0.754. The summed E-state index contributed by atoms with van der Waals surface area (Å²) in [5.74, 6) is 0.376. The predicted molar refractivity (Wildman–Crippen MR) is 90.5 cm³/mol. The zero-order valence-electron chi connectivity index (χ0n) is 13.7. The lowest BCUT2D eigenvalue weighted by molar-refractivity contribution is -0.142. The molecule has 5 nitrogen and oxygen atoms in total. The van der Waals surface area contributed by atoms with Gasteiger partial charge in [-0.05, 0) is 54.0 Å². The van der Waals surface area contributed by atoms with Crippen molar-refractivity contribution in [3.63, 3.8) is 0 Å². The molecule has 1 aromatic heterocycles. The zero-order valence-corrected chi connectivity index (χ0v) is 15.2. The summed E-state index contributed by atoms with van der Waals surface area (Å²) < 4.78 is 44.8. The van der Waals surface area contributed by atoms with E-state index in [1.54, 1.807) is 24.3 Å². The maximum atomic E-state index is 12.8. The van der Waals surface area contributed by atoms with Crippen molar-refractivity contribution in [1.82, 2.24) is 9.78 Å². The van der Waals surface area contributed by atoms with E-state index >= 15 is 0 Å². The van der Waals surface area contributed by atoms with Crippen molar-refractivity contribution in [2.24, 2.45) is 0 Å². The first kappa shape index (κ1) is 19.3. The summed E-state index contributed by atoms with van der Waals surface area (Å²) >= 11 is 2.90. The van der Waals surface area contributed by atoms with Gasteiger partial charge in [0.15, 0.2) is 5.69 Å². The molecule has 0 radical (unpaired) electrons. The fraction of sp³-hybridized carbons (Fsp3) is 0.375. The standard InChI is InChI=1S/C16H17BrF3N3O2/c1-3-25-12-6-4-11(5-7-12)21-13(24)8-9-23-10(2)14(17)15(22-23)16(18,19)20/h4-7H,3,8-9H2,1-2H3,(H,21,24). The van der Waals surface area contributed by atoms with E-state index in [0.717, 1.165) is 0 Å². The number of hydrogen-bond donors (Lipinski definition) is 1. The highest BCUT2D eigenvalue weighted by Crippen LogP contribution is 2.35. The second-order valence-corrected chi connectivity index (χ2v) is 6.02. The molecule has 0 saturated heterocycles. The molecular formula is C16H17BrF3N3O2. The molecule has 2 rings (SSSR count). The van der Waals surface area contributed by atoms with Crippen molar-refractivity contribution in [3.05, 3.63) is 40.1 Å². The Bertz CT molecular complexity index is 742. The Morgan fingerprint density at radius 2 is 1.96 bits per heavy atom. The largest absolute Gasteiger partial charge is 0.494 e. The van der Waals surface area contributed by atoms with Gasteiger partial charge in [-0.3, -0.25) is 9.48 Å². The van der Waals surface area contributed by atoms with Gasteiger partial charge < -0.3 is 10.1 Å². The number of benzene rings is 1. The van der Waals surface area contributed by atoms with Crippen LogP contribution in [-0.4, -0.2) is 22.3 Å².